The Labute approximate surface area is 195 Å². The van der Waals surface area contributed by atoms with Gasteiger partial charge in [0.05, 0.1) is 11.7 Å². The second kappa shape index (κ2) is 9.63. The van der Waals surface area contributed by atoms with Crippen LogP contribution in [0.4, 0.5) is 5.69 Å². The molecule has 0 aliphatic carbocycles. The van der Waals surface area contributed by atoms with Gasteiger partial charge in [-0.3, -0.25) is 19.3 Å². The lowest BCUT2D eigenvalue weighted by Crippen LogP contribution is -2.32. The Balaban J connectivity index is 1.65. The molecule has 0 radical (unpaired) electrons. The third-order valence-electron chi connectivity index (χ3n) is 5.13. The van der Waals surface area contributed by atoms with Gasteiger partial charge in [0.2, 0.25) is 11.8 Å². The number of amides is 2. The van der Waals surface area contributed by atoms with Gasteiger partial charge in [-0.15, -0.1) is 11.8 Å². The van der Waals surface area contributed by atoms with Crippen molar-refractivity contribution in [2.75, 3.05) is 4.90 Å². The van der Waals surface area contributed by atoms with Crippen molar-refractivity contribution in [1.29, 1.82) is 0 Å². The Bertz CT molecular complexity index is 1260. The predicted octanol–water partition coefficient (Wildman–Crippen LogP) is 3.81. The van der Waals surface area contributed by atoms with Crippen LogP contribution in [0.15, 0.2) is 78.9 Å². The lowest BCUT2D eigenvalue weighted by molar-refractivity contribution is -0.138. The molecule has 3 N–H and O–H groups in total. The molecule has 1 aliphatic rings. The lowest BCUT2D eigenvalue weighted by atomic mass is 10.1. The standard InChI is InChI=1S/C26H20N2O4S/c27-24(31)20-7-4-8-21(15-20)28-25(32)22(16-23(29)30)33-26(28)19-13-11-18(12-14-19)10-9-17-5-2-1-3-6-17/h1-8,11-15,22,26H,16H2,(H2,27,31)(H,29,30). The number of hydrogen-bond acceptors (Lipinski definition) is 4. The fraction of sp³-hybridized carbons (Fsp3) is 0.115. The number of aliphatic carboxylic acids is 1. The molecule has 33 heavy (non-hydrogen) atoms. The van der Waals surface area contributed by atoms with Crippen LogP contribution in [0.1, 0.15) is 38.8 Å². The molecular formula is C26H20N2O4S. The minimum Gasteiger partial charge on any atom is -0.481 e. The Hall–Kier alpha value is -4.02. The van der Waals surface area contributed by atoms with E-state index < -0.39 is 22.5 Å². The number of thioether (sulfide) groups is 1. The summed E-state index contributed by atoms with van der Waals surface area (Å²) in [5, 5.41) is 8.07. The predicted molar refractivity (Wildman–Crippen MR) is 128 cm³/mol. The van der Waals surface area contributed by atoms with Crippen LogP contribution >= 0.6 is 11.8 Å². The SMILES string of the molecule is NC(=O)c1cccc(N2C(=O)C(CC(=O)O)SC2c2ccc(C#Cc3ccccc3)cc2)c1. The second-order valence-electron chi connectivity index (χ2n) is 7.44. The van der Waals surface area contributed by atoms with E-state index in [9.17, 15) is 19.5 Å². The van der Waals surface area contributed by atoms with Crippen LogP contribution in [0.3, 0.4) is 0 Å². The zero-order valence-electron chi connectivity index (χ0n) is 17.5. The van der Waals surface area contributed by atoms with Gasteiger partial charge in [-0.05, 0) is 48.0 Å². The van der Waals surface area contributed by atoms with E-state index in [1.54, 1.807) is 24.3 Å². The molecule has 0 bridgehead atoms. The van der Waals surface area contributed by atoms with Gasteiger partial charge in [0, 0.05) is 22.4 Å². The molecule has 0 saturated carbocycles. The van der Waals surface area contributed by atoms with Crippen molar-refractivity contribution >= 4 is 35.2 Å². The first-order chi connectivity index (χ1) is 15.9. The fourth-order valence-corrected chi connectivity index (χ4v) is 4.98. The third-order valence-corrected chi connectivity index (χ3v) is 6.57. The van der Waals surface area contributed by atoms with E-state index in [2.05, 4.69) is 11.8 Å². The average molecular weight is 457 g/mol. The Morgan fingerprint density at radius 1 is 0.939 bits per heavy atom. The van der Waals surface area contributed by atoms with E-state index in [4.69, 9.17) is 5.73 Å². The summed E-state index contributed by atoms with van der Waals surface area (Å²) in [6.07, 6.45) is -0.285. The first-order valence-electron chi connectivity index (χ1n) is 10.2. The molecule has 4 rings (SSSR count). The molecule has 3 aromatic carbocycles. The molecule has 1 heterocycles. The highest BCUT2D eigenvalue weighted by Gasteiger charge is 2.42. The molecule has 2 atom stereocenters. The highest BCUT2D eigenvalue weighted by molar-refractivity contribution is 8.01. The van der Waals surface area contributed by atoms with Gasteiger partial charge in [-0.1, -0.05) is 48.2 Å². The molecule has 3 aromatic rings. The number of primary amides is 1. The van der Waals surface area contributed by atoms with E-state index in [-0.39, 0.29) is 17.9 Å². The number of nitrogens with zero attached hydrogens (tertiary/aromatic N) is 1. The number of carboxylic acid groups (broad SMARTS) is 1. The summed E-state index contributed by atoms with van der Waals surface area (Å²) in [7, 11) is 0. The van der Waals surface area contributed by atoms with E-state index in [0.717, 1.165) is 16.7 Å². The number of rotatable bonds is 5. The van der Waals surface area contributed by atoms with Gasteiger partial charge >= 0.3 is 5.97 Å². The minimum atomic E-state index is -1.04. The summed E-state index contributed by atoms with van der Waals surface area (Å²) in [5.41, 5.74) is 8.74. The first kappa shape index (κ1) is 22.2. The normalized spacial score (nSPS) is 17.3. The third kappa shape index (κ3) is 5.08. The molecule has 164 valence electrons. The average Bonchev–Trinajstić information content (AvgIpc) is 3.14. The minimum absolute atomic E-state index is 0.275. The van der Waals surface area contributed by atoms with Crippen LogP contribution in [0.2, 0.25) is 0 Å². The molecule has 0 spiro atoms. The van der Waals surface area contributed by atoms with Gasteiger partial charge in [0.25, 0.3) is 0 Å². The van der Waals surface area contributed by atoms with E-state index >= 15 is 0 Å². The monoisotopic (exact) mass is 456 g/mol. The summed E-state index contributed by atoms with van der Waals surface area (Å²) in [5.74, 6) is 4.27. The quantitative estimate of drug-likeness (QED) is 0.569. The van der Waals surface area contributed by atoms with Crippen molar-refractivity contribution in [2.24, 2.45) is 5.73 Å². The zero-order valence-corrected chi connectivity index (χ0v) is 18.3. The first-order valence-corrected chi connectivity index (χ1v) is 11.1. The van der Waals surface area contributed by atoms with E-state index in [1.807, 2.05) is 54.6 Å². The Morgan fingerprint density at radius 3 is 2.24 bits per heavy atom. The van der Waals surface area contributed by atoms with Crippen molar-refractivity contribution < 1.29 is 19.5 Å². The van der Waals surface area contributed by atoms with Gasteiger partial charge in [0.1, 0.15) is 5.37 Å². The summed E-state index contributed by atoms with van der Waals surface area (Å²) in [6.45, 7) is 0. The van der Waals surface area contributed by atoms with Crippen LogP contribution < -0.4 is 10.6 Å². The molecule has 1 aliphatic heterocycles. The summed E-state index contributed by atoms with van der Waals surface area (Å²) >= 11 is 1.28. The topological polar surface area (TPSA) is 101 Å². The van der Waals surface area contributed by atoms with Gasteiger partial charge < -0.3 is 10.8 Å². The molecule has 7 heteroatoms. The number of nitrogens with two attached hydrogens (primary N) is 1. The van der Waals surface area contributed by atoms with Gasteiger partial charge in [0.15, 0.2) is 0 Å². The van der Waals surface area contributed by atoms with Crippen molar-refractivity contribution in [1.82, 2.24) is 0 Å². The number of carbonyl (C=O) groups excluding carboxylic acids is 2. The molecule has 2 unspecified atom stereocenters. The Kier molecular flexibility index (Phi) is 6.48. The largest absolute Gasteiger partial charge is 0.481 e. The van der Waals surface area contributed by atoms with Gasteiger partial charge in [-0.25, -0.2) is 0 Å². The highest BCUT2D eigenvalue weighted by atomic mass is 32.2. The number of carboxylic acids is 1. The van der Waals surface area contributed by atoms with E-state index in [0.29, 0.717) is 5.69 Å². The fourth-order valence-electron chi connectivity index (χ4n) is 3.54. The zero-order chi connectivity index (χ0) is 23.4. The van der Waals surface area contributed by atoms with Crippen molar-refractivity contribution in [3.05, 3.63) is 101 Å². The van der Waals surface area contributed by atoms with Crippen LogP contribution in [-0.2, 0) is 9.59 Å². The number of benzene rings is 3. The molecule has 1 fully saturated rings. The summed E-state index contributed by atoms with van der Waals surface area (Å²) in [6, 6.07) is 23.7. The molecule has 1 saturated heterocycles. The van der Waals surface area contributed by atoms with Crippen LogP contribution in [-0.4, -0.2) is 28.1 Å². The number of hydrogen-bond donors (Lipinski definition) is 2. The van der Waals surface area contributed by atoms with Crippen molar-refractivity contribution in [2.45, 2.75) is 17.0 Å². The number of carbonyl (C=O) groups is 3. The van der Waals surface area contributed by atoms with Crippen LogP contribution in [0.5, 0.6) is 0 Å². The Morgan fingerprint density at radius 2 is 1.61 bits per heavy atom. The second-order valence-corrected chi connectivity index (χ2v) is 8.72. The van der Waals surface area contributed by atoms with Crippen molar-refractivity contribution in [3.8, 4) is 11.8 Å². The smallest absolute Gasteiger partial charge is 0.305 e. The maximum absolute atomic E-state index is 13.1. The molecule has 2 amide bonds. The maximum atomic E-state index is 13.1. The highest BCUT2D eigenvalue weighted by Crippen LogP contribution is 2.46. The van der Waals surface area contributed by atoms with Crippen LogP contribution in [0, 0.1) is 11.8 Å². The summed E-state index contributed by atoms with van der Waals surface area (Å²) in [4.78, 5) is 37.6. The molecule has 6 nitrogen and oxygen atoms in total. The summed E-state index contributed by atoms with van der Waals surface area (Å²) < 4.78 is 0. The molecular weight excluding hydrogens is 436 g/mol. The molecule has 0 aromatic heterocycles. The van der Waals surface area contributed by atoms with Crippen LogP contribution in [0.25, 0.3) is 0 Å². The van der Waals surface area contributed by atoms with Crippen molar-refractivity contribution in [3.63, 3.8) is 0 Å². The van der Waals surface area contributed by atoms with Gasteiger partial charge in [-0.2, -0.15) is 0 Å². The van der Waals surface area contributed by atoms with E-state index in [1.165, 1.54) is 16.7 Å². The number of anilines is 1. The maximum Gasteiger partial charge on any atom is 0.305 e. The lowest BCUT2D eigenvalue weighted by Gasteiger charge is -2.24.